The van der Waals surface area contributed by atoms with E-state index in [4.69, 9.17) is 5.11 Å². The largest absolute Gasteiger partial charge is 0.396 e. The molecule has 0 bridgehead atoms. The van der Waals surface area contributed by atoms with Gasteiger partial charge in [0.1, 0.15) is 11.6 Å². The van der Waals surface area contributed by atoms with Crippen molar-refractivity contribution >= 4 is 17.4 Å². The van der Waals surface area contributed by atoms with Gasteiger partial charge in [-0.05, 0) is 36.8 Å². The van der Waals surface area contributed by atoms with Gasteiger partial charge in [-0.1, -0.05) is 6.07 Å². The zero-order chi connectivity index (χ0) is 18.4. The third-order valence-corrected chi connectivity index (χ3v) is 3.69. The molecule has 0 fully saturated rings. The number of benzene rings is 1. The molecule has 9 heteroatoms. The Labute approximate surface area is 149 Å². The highest BCUT2D eigenvalue weighted by Crippen LogP contribution is 2.08. The van der Waals surface area contributed by atoms with Crippen molar-refractivity contribution in [1.82, 2.24) is 25.1 Å². The molecule has 2 heterocycles. The molecule has 3 N–H and O–H groups in total. The van der Waals surface area contributed by atoms with Crippen molar-refractivity contribution in [2.24, 2.45) is 0 Å². The summed E-state index contributed by atoms with van der Waals surface area (Å²) in [6, 6.07) is 9.10. The van der Waals surface area contributed by atoms with E-state index in [1.807, 2.05) is 0 Å². The normalized spacial score (nSPS) is 10.8. The fraction of sp³-hybridized carbons (Fsp3) is 0.294. The van der Waals surface area contributed by atoms with Gasteiger partial charge >= 0.3 is 0 Å². The lowest BCUT2D eigenvalue weighted by Crippen LogP contribution is -2.26. The molecule has 0 radical (unpaired) electrons. The van der Waals surface area contributed by atoms with Crippen LogP contribution in [0.3, 0.4) is 0 Å². The number of halogens is 1. The summed E-state index contributed by atoms with van der Waals surface area (Å²) in [6.45, 7) is 1.04. The number of aliphatic hydroxyl groups excluding tert-OH is 1. The van der Waals surface area contributed by atoms with E-state index in [1.165, 1.54) is 18.2 Å². The summed E-state index contributed by atoms with van der Waals surface area (Å²) in [5.41, 5.74) is 0.869. The minimum absolute atomic E-state index is 0.109. The van der Waals surface area contributed by atoms with Crippen molar-refractivity contribution in [2.45, 2.75) is 12.8 Å². The standard InChI is InChI=1S/C17H19FN6O2/c18-13-4-1-3-12(11-13)17(26)20-9-7-16-22-21-15-6-5-14(23-24(15)16)19-8-2-10-25/h1,3-6,11,25H,2,7-10H2,(H,19,23)(H,20,26). The van der Waals surface area contributed by atoms with E-state index in [9.17, 15) is 9.18 Å². The smallest absolute Gasteiger partial charge is 0.251 e. The fourth-order valence-electron chi connectivity index (χ4n) is 2.40. The molecule has 0 aliphatic heterocycles. The summed E-state index contributed by atoms with van der Waals surface area (Å²) >= 11 is 0. The Kier molecular flexibility index (Phi) is 5.69. The van der Waals surface area contributed by atoms with E-state index in [0.717, 1.165) is 0 Å². The summed E-state index contributed by atoms with van der Waals surface area (Å²) in [7, 11) is 0. The number of anilines is 1. The van der Waals surface area contributed by atoms with Gasteiger partial charge in [-0.25, -0.2) is 4.39 Å². The van der Waals surface area contributed by atoms with Gasteiger partial charge in [0.2, 0.25) is 0 Å². The SMILES string of the molecule is O=C(NCCc1nnc2ccc(NCCCO)nn12)c1cccc(F)c1. The molecule has 1 amide bonds. The van der Waals surface area contributed by atoms with Crippen molar-refractivity contribution < 1.29 is 14.3 Å². The molecule has 3 rings (SSSR count). The Hall–Kier alpha value is -3.07. The number of aromatic nitrogens is 4. The van der Waals surface area contributed by atoms with Crippen LogP contribution in [-0.4, -0.2) is 50.5 Å². The van der Waals surface area contributed by atoms with Crippen LogP contribution in [0.15, 0.2) is 36.4 Å². The van der Waals surface area contributed by atoms with Crippen molar-refractivity contribution in [3.63, 3.8) is 0 Å². The Morgan fingerprint density at radius 2 is 2.08 bits per heavy atom. The predicted molar refractivity (Wildman–Crippen MR) is 93.4 cm³/mol. The predicted octanol–water partition coefficient (Wildman–Crippen LogP) is 1.03. The second-order valence-electron chi connectivity index (χ2n) is 5.62. The number of nitrogens with one attached hydrogen (secondary N) is 2. The van der Waals surface area contributed by atoms with Gasteiger partial charge in [0.05, 0.1) is 0 Å². The lowest BCUT2D eigenvalue weighted by atomic mass is 10.2. The first-order chi connectivity index (χ1) is 12.7. The molecule has 3 aromatic rings. The highest BCUT2D eigenvalue weighted by molar-refractivity contribution is 5.94. The minimum Gasteiger partial charge on any atom is -0.396 e. The fourth-order valence-corrected chi connectivity index (χ4v) is 2.40. The molecule has 0 saturated carbocycles. The van der Waals surface area contributed by atoms with E-state index in [1.54, 1.807) is 22.7 Å². The maximum atomic E-state index is 13.2. The molecule has 0 unspecified atom stereocenters. The van der Waals surface area contributed by atoms with Crippen molar-refractivity contribution in [1.29, 1.82) is 0 Å². The Morgan fingerprint density at radius 1 is 1.19 bits per heavy atom. The van der Waals surface area contributed by atoms with E-state index in [-0.39, 0.29) is 18.1 Å². The molecule has 0 spiro atoms. The quantitative estimate of drug-likeness (QED) is 0.520. The maximum absolute atomic E-state index is 13.2. The summed E-state index contributed by atoms with van der Waals surface area (Å²) in [5.74, 6) is 0.449. The molecule has 0 saturated heterocycles. The van der Waals surface area contributed by atoms with Gasteiger partial charge in [-0.15, -0.1) is 15.3 Å². The van der Waals surface area contributed by atoms with Gasteiger partial charge in [0.25, 0.3) is 5.91 Å². The van der Waals surface area contributed by atoms with Crippen LogP contribution in [0.1, 0.15) is 22.6 Å². The van der Waals surface area contributed by atoms with Gasteiger partial charge in [0.15, 0.2) is 11.5 Å². The number of hydrogen-bond acceptors (Lipinski definition) is 6. The molecule has 1 aromatic carbocycles. The van der Waals surface area contributed by atoms with E-state index >= 15 is 0 Å². The van der Waals surface area contributed by atoms with Crippen LogP contribution in [0.5, 0.6) is 0 Å². The third-order valence-electron chi connectivity index (χ3n) is 3.69. The van der Waals surface area contributed by atoms with Gasteiger partial charge in [-0.3, -0.25) is 4.79 Å². The lowest BCUT2D eigenvalue weighted by molar-refractivity contribution is 0.0953. The summed E-state index contributed by atoms with van der Waals surface area (Å²) in [5, 5.41) is 27.2. The number of rotatable bonds is 8. The average Bonchev–Trinajstić information content (AvgIpc) is 3.04. The topological polar surface area (TPSA) is 104 Å². The molecule has 0 atom stereocenters. The average molecular weight is 358 g/mol. The van der Waals surface area contributed by atoms with Crippen molar-refractivity contribution in [2.75, 3.05) is 25.0 Å². The molecule has 8 nitrogen and oxygen atoms in total. The Balaban J connectivity index is 1.61. The number of aliphatic hydroxyl groups is 1. The Morgan fingerprint density at radius 3 is 2.88 bits per heavy atom. The van der Waals surface area contributed by atoms with Crippen LogP contribution < -0.4 is 10.6 Å². The zero-order valence-corrected chi connectivity index (χ0v) is 14.0. The molecule has 0 aliphatic carbocycles. The summed E-state index contributed by atoms with van der Waals surface area (Å²) in [6.07, 6.45) is 1.05. The number of amides is 1. The maximum Gasteiger partial charge on any atom is 0.251 e. The highest BCUT2D eigenvalue weighted by atomic mass is 19.1. The number of nitrogens with zero attached hydrogens (tertiary/aromatic N) is 4. The Bertz CT molecular complexity index is 898. The van der Waals surface area contributed by atoms with Crippen LogP contribution >= 0.6 is 0 Å². The number of hydrogen-bond donors (Lipinski definition) is 3. The molecular formula is C17H19FN6O2. The third kappa shape index (κ3) is 4.31. The van der Waals surface area contributed by atoms with Crippen LogP contribution in [0.25, 0.3) is 5.65 Å². The molecule has 2 aromatic heterocycles. The van der Waals surface area contributed by atoms with Gasteiger partial charge < -0.3 is 15.7 Å². The molecular weight excluding hydrogens is 339 g/mol. The summed E-state index contributed by atoms with van der Waals surface area (Å²) < 4.78 is 14.8. The van der Waals surface area contributed by atoms with Crippen molar-refractivity contribution in [3.05, 3.63) is 53.6 Å². The van der Waals surface area contributed by atoms with E-state index < -0.39 is 5.82 Å². The van der Waals surface area contributed by atoms with Gasteiger partial charge in [-0.2, -0.15) is 4.52 Å². The van der Waals surface area contributed by atoms with E-state index in [2.05, 4.69) is 25.9 Å². The first-order valence-corrected chi connectivity index (χ1v) is 8.27. The number of fused-ring (bicyclic) bond motifs is 1. The van der Waals surface area contributed by atoms with E-state index in [0.29, 0.717) is 43.2 Å². The zero-order valence-electron chi connectivity index (χ0n) is 14.0. The first kappa shape index (κ1) is 17.7. The summed E-state index contributed by atoms with van der Waals surface area (Å²) in [4.78, 5) is 12.0. The van der Waals surface area contributed by atoms with Gasteiger partial charge in [0, 0.05) is 31.7 Å². The monoisotopic (exact) mass is 358 g/mol. The van der Waals surface area contributed by atoms with Crippen molar-refractivity contribution in [3.8, 4) is 0 Å². The second-order valence-corrected chi connectivity index (χ2v) is 5.62. The van der Waals surface area contributed by atoms with Crippen LogP contribution in [0.2, 0.25) is 0 Å². The minimum atomic E-state index is -0.452. The molecule has 0 aliphatic rings. The number of carbonyl (C=O) groups excluding carboxylic acids is 1. The number of carbonyl (C=O) groups is 1. The second kappa shape index (κ2) is 8.34. The molecule has 136 valence electrons. The van der Waals surface area contributed by atoms with Crippen LogP contribution in [-0.2, 0) is 6.42 Å². The molecule has 26 heavy (non-hydrogen) atoms. The lowest BCUT2D eigenvalue weighted by Gasteiger charge is -2.06. The highest BCUT2D eigenvalue weighted by Gasteiger charge is 2.10. The first-order valence-electron chi connectivity index (χ1n) is 8.27. The van der Waals surface area contributed by atoms with Crippen LogP contribution in [0, 0.1) is 5.82 Å². The van der Waals surface area contributed by atoms with Crippen LogP contribution in [0.4, 0.5) is 10.2 Å².